The van der Waals surface area contributed by atoms with Crippen LogP contribution < -0.4 is 11.2 Å². The summed E-state index contributed by atoms with van der Waals surface area (Å²) in [5, 5.41) is 4.28. The summed E-state index contributed by atoms with van der Waals surface area (Å²) in [4.78, 5) is 41.8. The van der Waals surface area contributed by atoms with E-state index >= 15 is 0 Å². The van der Waals surface area contributed by atoms with Crippen molar-refractivity contribution >= 4 is 5.91 Å². The summed E-state index contributed by atoms with van der Waals surface area (Å²) in [5.41, 5.74) is 3.63. The highest BCUT2D eigenvalue weighted by Crippen LogP contribution is 2.13. The number of carbonyl (C=O) groups excluding carboxylic acids is 1. The molecule has 4 rings (SSSR count). The van der Waals surface area contributed by atoms with Gasteiger partial charge in [0.2, 0.25) is 5.69 Å². The Morgan fingerprint density at radius 2 is 1.54 bits per heavy atom. The number of carbonyl (C=O) groups is 1. The van der Waals surface area contributed by atoms with Crippen molar-refractivity contribution in [3.8, 4) is 5.69 Å². The Hall–Kier alpha value is -4.26. The highest BCUT2D eigenvalue weighted by atomic mass is 16.2. The third-order valence-electron chi connectivity index (χ3n) is 6.20. The Kier molecular flexibility index (Phi) is 6.78. The molecule has 1 amide bonds. The molecule has 0 N–H and O–H groups in total. The van der Waals surface area contributed by atoms with Gasteiger partial charge in [0.15, 0.2) is 0 Å². The predicted octanol–water partition coefficient (Wildman–Crippen LogP) is 3.64. The molecule has 3 aromatic carbocycles. The van der Waals surface area contributed by atoms with E-state index in [1.54, 1.807) is 13.1 Å². The van der Waals surface area contributed by atoms with Crippen LogP contribution in [0, 0.1) is 20.8 Å². The van der Waals surface area contributed by atoms with Crippen molar-refractivity contribution in [2.45, 2.75) is 33.9 Å². The van der Waals surface area contributed by atoms with Crippen LogP contribution in [0.15, 0.2) is 82.4 Å². The fourth-order valence-corrected chi connectivity index (χ4v) is 3.88. The smallest absolute Gasteiger partial charge is 0.336 e. The molecule has 0 spiro atoms. The highest BCUT2D eigenvalue weighted by molar-refractivity contribution is 5.91. The van der Waals surface area contributed by atoms with E-state index in [1.165, 1.54) is 4.90 Å². The van der Waals surface area contributed by atoms with Crippen molar-refractivity contribution in [3.63, 3.8) is 0 Å². The lowest BCUT2D eigenvalue weighted by Gasteiger charge is -2.18. The van der Waals surface area contributed by atoms with E-state index in [2.05, 4.69) is 5.10 Å². The molecule has 0 bridgehead atoms. The molecule has 0 radical (unpaired) electrons. The fraction of sp³-hybridized carbons (Fsp3) is 0.214. The molecule has 7 heteroatoms. The molecule has 178 valence electrons. The average molecular weight is 469 g/mol. The number of benzene rings is 3. The molecule has 0 saturated heterocycles. The van der Waals surface area contributed by atoms with Gasteiger partial charge in [-0.15, -0.1) is 0 Å². The Balaban J connectivity index is 1.86. The van der Waals surface area contributed by atoms with E-state index in [9.17, 15) is 14.4 Å². The first-order valence-corrected chi connectivity index (χ1v) is 11.4. The van der Waals surface area contributed by atoms with E-state index in [4.69, 9.17) is 0 Å². The standard InChI is InChI=1S/C28H28N4O3/c1-19-14-15-24(16-21(19)3)32-28(35)31(18-23-13-9-8-10-20(23)2)27(34)25(29-32)26(33)30(4)17-22-11-6-5-7-12-22/h5-16H,17-18H2,1-4H3. The number of rotatable bonds is 6. The summed E-state index contributed by atoms with van der Waals surface area (Å²) in [6.45, 7) is 6.18. The summed E-state index contributed by atoms with van der Waals surface area (Å²) in [6, 6.07) is 22.5. The molecule has 0 saturated carbocycles. The molecular formula is C28H28N4O3. The maximum absolute atomic E-state index is 13.5. The molecule has 7 nitrogen and oxygen atoms in total. The van der Waals surface area contributed by atoms with Crippen LogP contribution in [0.3, 0.4) is 0 Å². The third-order valence-corrected chi connectivity index (χ3v) is 6.20. The molecule has 0 aliphatic heterocycles. The van der Waals surface area contributed by atoms with Crippen LogP contribution in [-0.4, -0.2) is 32.2 Å². The number of nitrogens with zero attached hydrogens (tertiary/aromatic N) is 4. The lowest BCUT2D eigenvalue weighted by atomic mass is 10.1. The molecule has 0 atom stereocenters. The van der Waals surface area contributed by atoms with Gasteiger partial charge < -0.3 is 4.90 Å². The molecule has 0 aliphatic rings. The van der Waals surface area contributed by atoms with Gasteiger partial charge in [0.25, 0.3) is 11.5 Å². The van der Waals surface area contributed by atoms with Gasteiger partial charge in [-0.2, -0.15) is 9.78 Å². The lowest BCUT2D eigenvalue weighted by Crippen LogP contribution is -2.46. The van der Waals surface area contributed by atoms with E-state index < -0.39 is 17.2 Å². The van der Waals surface area contributed by atoms with Gasteiger partial charge in [0, 0.05) is 13.6 Å². The third kappa shape index (κ3) is 4.99. The number of aromatic nitrogens is 3. The average Bonchev–Trinajstić information content (AvgIpc) is 2.85. The summed E-state index contributed by atoms with van der Waals surface area (Å²) in [5.74, 6) is -0.546. The van der Waals surface area contributed by atoms with Gasteiger partial charge in [0.05, 0.1) is 12.2 Å². The zero-order valence-corrected chi connectivity index (χ0v) is 20.4. The summed E-state index contributed by atoms with van der Waals surface area (Å²) in [7, 11) is 1.62. The minimum Gasteiger partial charge on any atom is -0.336 e. The Morgan fingerprint density at radius 3 is 2.23 bits per heavy atom. The van der Waals surface area contributed by atoms with Crippen molar-refractivity contribution in [1.29, 1.82) is 0 Å². The SMILES string of the molecule is Cc1ccc(-n2nc(C(=O)N(C)Cc3ccccc3)c(=O)n(Cc3ccccc3C)c2=O)cc1C. The molecule has 1 heterocycles. The highest BCUT2D eigenvalue weighted by Gasteiger charge is 2.23. The van der Waals surface area contributed by atoms with Crippen molar-refractivity contribution in [2.24, 2.45) is 0 Å². The number of aryl methyl sites for hydroxylation is 3. The van der Waals surface area contributed by atoms with Gasteiger partial charge in [-0.25, -0.2) is 4.79 Å². The maximum Gasteiger partial charge on any atom is 0.352 e. The van der Waals surface area contributed by atoms with E-state index in [1.807, 2.05) is 87.5 Å². The fourth-order valence-electron chi connectivity index (χ4n) is 3.88. The molecular weight excluding hydrogens is 440 g/mol. The quantitative estimate of drug-likeness (QED) is 0.433. The molecule has 0 unspecified atom stereocenters. The number of amides is 1. The minimum atomic E-state index is -0.705. The first-order chi connectivity index (χ1) is 16.8. The topological polar surface area (TPSA) is 77.2 Å². The van der Waals surface area contributed by atoms with Crippen LogP contribution >= 0.6 is 0 Å². The van der Waals surface area contributed by atoms with Gasteiger partial charge in [-0.3, -0.25) is 14.2 Å². The predicted molar refractivity (Wildman–Crippen MR) is 136 cm³/mol. The molecule has 0 aliphatic carbocycles. The molecule has 4 aromatic rings. The van der Waals surface area contributed by atoms with Crippen molar-refractivity contribution in [3.05, 3.63) is 127 Å². The Labute approximate surface area is 203 Å². The lowest BCUT2D eigenvalue weighted by molar-refractivity contribution is 0.0773. The van der Waals surface area contributed by atoms with E-state index in [-0.39, 0.29) is 12.2 Å². The minimum absolute atomic E-state index is 0.0420. The van der Waals surface area contributed by atoms with Crippen LogP contribution in [0.1, 0.15) is 38.3 Å². The number of hydrogen-bond donors (Lipinski definition) is 0. The first-order valence-electron chi connectivity index (χ1n) is 11.4. The second kappa shape index (κ2) is 9.93. The van der Waals surface area contributed by atoms with Crippen molar-refractivity contribution in [2.75, 3.05) is 7.05 Å². The van der Waals surface area contributed by atoms with Crippen LogP contribution in [0.25, 0.3) is 5.69 Å². The monoisotopic (exact) mass is 468 g/mol. The summed E-state index contributed by atoms with van der Waals surface area (Å²) < 4.78 is 2.24. The van der Waals surface area contributed by atoms with Crippen LogP contribution in [-0.2, 0) is 13.1 Å². The van der Waals surface area contributed by atoms with Gasteiger partial charge in [-0.1, -0.05) is 60.7 Å². The number of hydrogen-bond acceptors (Lipinski definition) is 4. The zero-order valence-electron chi connectivity index (χ0n) is 20.4. The Morgan fingerprint density at radius 1 is 0.857 bits per heavy atom. The van der Waals surface area contributed by atoms with Crippen molar-refractivity contribution in [1.82, 2.24) is 19.2 Å². The molecule has 0 fully saturated rings. The van der Waals surface area contributed by atoms with E-state index in [0.29, 0.717) is 12.2 Å². The molecule has 1 aromatic heterocycles. The van der Waals surface area contributed by atoms with Gasteiger partial charge in [-0.05, 0) is 60.7 Å². The largest absolute Gasteiger partial charge is 0.352 e. The van der Waals surface area contributed by atoms with Crippen LogP contribution in [0.4, 0.5) is 0 Å². The van der Waals surface area contributed by atoms with Crippen molar-refractivity contribution < 1.29 is 4.79 Å². The van der Waals surface area contributed by atoms with Gasteiger partial charge >= 0.3 is 5.69 Å². The Bertz CT molecular complexity index is 1500. The second-order valence-electron chi connectivity index (χ2n) is 8.78. The van der Waals surface area contributed by atoms with Gasteiger partial charge in [0.1, 0.15) is 0 Å². The zero-order chi connectivity index (χ0) is 25.1. The molecule has 35 heavy (non-hydrogen) atoms. The summed E-state index contributed by atoms with van der Waals surface area (Å²) >= 11 is 0. The first kappa shape index (κ1) is 23.9. The van der Waals surface area contributed by atoms with E-state index in [0.717, 1.165) is 37.1 Å². The summed E-state index contributed by atoms with van der Waals surface area (Å²) in [6.07, 6.45) is 0. The maximum atomic E-state index is 13.5. The van der Waals surface area contributed by atoms with Crippen LogP contribution in [0.5, 0.6) is 0 Å². The second-order valence-corrected chi connectivity index (χ2v) is 8.78. The normalized spacial score (nSPS) is 10.9. The van der Waals surface area contributed by atoms with Crippen LogP contribution in [0.2, 0.25) is 0 Å².